The van der Waals surface area contributed by atoms with Crippen LogP contribution >= 0.6 is 0 Å². The second kappa shape index (κ2) is 6.71. The van der Waals surface area contributed by atoms with Crippen molar-refractivity contribution in [2.75, 3.05) is 6.54 Å². The molecule has 0 saturated heterocycles. The van der Waals surface area contributed by atoms with Gasteiger partial charge in [0.15, 0.2) is 0 Å². The fourth-order valence-corrected chi connectivity index (χ4v) is 2.14. The van der Waals surface area contributed by atoms with Gasteiger partial charge in [-0.05, 0) is 35.1 Å². The van der Waals surface area contributed by atoms with Crippen molar-refractivity contribution >= 4 is 0 Å². The molecule has 0 aromatic heterocycles. The summed E-state index contributed by atoms with van der Waals surface area (Å²) < 4.78 is 0. The summed E-state index contributed by atoms with van der Waals surface area (Å²) in [6.07, 6.45) is 1.20. The van der Waals surface area contributed by atoms with E-state index >= 15 is 0 Å². The topological polar surface area (TPSA) is 12.0 Å². The monoisotopic (exact) mass is 267 g/mol. The van der Waals surface area contributed by atoms with Crippen molar-refractivity contribution in [3.05, 3.63) is 60.2 Å². The third-order valence-corrected chi connectivity index (χ3v) is 3.44. The maximum absolute atomic E-state index is 3.52. The van der Waals surface area contributed by atoms with E-state index in [0.717, 1.165) is 13.1 Å². The Kier molecular flexibility index (Phi) is 4.97. The summed E-state index contributed by atoms with van der Waals surface area (Å²) in [5.74, 6) is 0. The quantitative estimate of drug-likeness (QED) is 0.761. The number of hydrogen-bond donors (Lipinski definition) is 1. The standard InChI is InChI=1S/C19H25N/c1-19(2,3)13-14-20-15-16-9-11-18(12-10-16)17-7-5-4-6-8-17/h4-12,20H,13-15H2,1-3H3. The molecular weight excluding hydrogens is 242 g/mol. The molecule has 0 saturated carbocycles. The second-order valence-electron chi connectivity index (χ2n) is 6.55. The molecule has 2 rings (SSSR count). The summed E-state index contributed by atoms with van der Waals surface area (Å²) in [7, 11) is 0. The molecule has 0 fully saturated rings. The van der Waals surface area contributed by atoms with Crippen LogP contribution in [-0.4, -0.2) is 6.54 Å². The van der Waals surface area contributed by atoms with Crippen molar-refractivity contribution in [1.29, 1.82) is 0 Å². The van der Waals surface area contributed by atoms with Crippen LogP contribution in [0.1, 0.15) is 32.8 Å². The van der Waals surface area contributed by atoms with Gasteiger partial charge >= 0.3 is 0 Å². The third kappa shape index (κ3) is 4.82. The normalized spacial score (nSPS) is 11.6. The van der Waals surface area contributed by atoms with Gasteiger partial charge in [-0.25, -0.2) is 0 Å². The predicted octanol–water partition coefficient (Wildman–Crippen LogP) is 4.88. The Hall–Kier alpha value is -1.60. The molecule has 0 bridgehead atoms. The molecule has 1 N–H and O–H groups in total. The van der Waals surface area contributed by atoms with Crippen LogP contribution in [0.25, 0.3) is 11.1 Å². The Morgan fingerprint density at radius 1 is 0.800 bits per heavy atom. The lowest BCUT2D eigenvalue weighted by molar-refractivity contribution is 0.366. The Morgan fingerprint density at radius 3 is 2.00 bits per heavy atom. The zero-order valence-corrected chi connectivity index (χ0v) is 12.8. The van der Waals surface area contributed by atoms with Crippen LogP contribution < -0.4 is 5.32 Å². The Morgan fingerprint density at radius 2 is 1.40 bits per heavy atom. The van der Waals surface area contributed by atoms with Gasteiger partial charge in [0, 0.05) is 6.54 Å². The van der Waals surface area contributed by atoms with E-state index in [9.17, 15) is 0 Å². The molecule has 0 spiro atoms. The minimum absolute atomic E-state index is 0.407. The van der Waals surface area contributed by atoms with Crippen molar-refractivity contribution in [3.63, 3.8) is 0 Å². The van der Waals surface area contributed by atoms with Gasteiger partial charge in [-0.3, -0.25) is 0 Å². The zero-order chi connectivity index (χ0) is 14.4. The molecule has 1 nitrogen and oxygen atoms in total. The van der Waals surface area contributed by atoms with E-state index in [-0.39, 0.29) is 0 Å². The van der Waals surface area contributed by atoms with E-state index in [4.69, 9.17) is 0 Å². The second-order valence-corrected chi connectivity index (χ2v) is 6.55. The lowest BCUT2D eigenvalue weighted by Crippen LogP contribution is -2.20. The first-order chi connectivity index (χ1) is 9.54. The number of benzene rings is 2. The smallest absolute Gasteiger partial charge is 0.0205 e. The lowest BCUT2D eigenvalue weighted by Gasteiger charge is -2.18. The molecule has 0 radical (unpaired) electrons. The van der Waals surface area contributed by atoms with Gasteiger partial charge in [0.05, 0.1) is 0 Å². The molecule has 2 aromatic rings. The first-order valence-electron chi connectivity index (χ1n) is 7.40. The van der Waals surface area contributed by atoms with Gasteiger partial charge in [0.25, 0.3) is 0 Å². The van der Waals surface area contributed by atoms with E-state index in [2.05, 4.69) is 80.7 Å². The van der Waals surface area contributed by atoms with Gasteiger partial charge in [0.2, 0.25) is 0 Å². The molecule has 0 unspecified atom stereocenters. The van der Waals surface area contributed by atoms with Crippen molar-refractivity contribution in [1.82, 2.24) is 5.32 Å². The van der Waals surface area contributed by atoms with Crippen LogP contribution in [0.2, 0.25) is 0 Å². The highest BCUT2D eigenvalue weighted by Crippen LogP contribution is 2.19. The average molecular weight is 267 g/mol. The number of rotatable bonds is 5. The largest absolute Gasteiger partial charge is 0.313 e. The van der Waals surface area contributed by atoms with Crippen LogP contribution in [0.5, 0.6) is 0 Å². The van der Waals surface area contributed by atoms with Crippen LogP contribution in [-0.2, 0) is 6.54 Å². The van der Waals surface area contributed by atoms with Gasteiger partial charge in [-0.2, -0.15) is 0 Å². The SMILES string of the molecule is CC(C)(C)CCNCc1ccc(-c2ccccc2)cc1. The van der Waals surface area contributed by atoms with Gasteiger partial charge < -0.3 is 5.32 Å². The highest BCUT2D eigenvalue weighted by molar-refractivity contribution is 5.63. The Bertz CT molecular complexity index is 506. The number of hydrogen-bond acceptors (Lipinski definition) is 1. The van der Waals surface area contributed by atoms with Gasteiger partial charge in [-0.1, -0.05) is 75.4 Å². The third-order valence-electron chi connectivity index (χ3n) is 3.44. The predicted molar refractivity (Wildman–Crippen MR) is 87.7 cm³/mol. The maximum Gasteiger partial charge on any atom is 0.0205 e. The Labute approximate surface area is 123 Å². The van der Waals surface area contributed by atoms with E-state index in [1.54, 1.807) is 0 Å². The summed E-state index contributed by atoms with van der Waals surface area (Å²) >= 11 is 0. The fraction of sp³-hybridized carbons (Fsp3) is 0.368. The van der Waals surface area contributed by atoms with Crippen LogP contribution in [0.15, 0.2) is 54.6 Å². The highest BCUT2D eigenvalue weighted by Gasteiger charge is 2.08. The summed E-state index contributed by atoms with van der Waals surface area (Å²) in [5, 5.41) is 3.52. The van der Waals surface area contributed by atoms with Crippen molar-refractivity contribution < 1.29 is 0 Å². The first kappa shape index (κ1) is 14.8. The molecule has 20 heavy (non-hydrogen) atoms. The minimum atomic E-state index is 0.407. The van der Waals surface area contributed by atoms with E-state index < -0.39 is 0 Å². The van der Waals surface area contributed by atoms with Crippen molar-refractivity contribution in [2.45, 2.75) is 33.7 Å². The molecule has 1 heteroatoms. The summed E-state index contributed by atoms with van der Waals surface area (Å²) in [4.78, 5) is 0. The van der Waals surface area contributed by atoms with E-state index in [0.29, 0.717) is 5.41 Å². The fourth-order valence-electron chi connectivity index (χ4n) is 2.14. The van der Waals surface area contributed by atoms with E-state index in [1.807, 2.05) is 0 Å². The van der Waals surface area contributed by atoms with Crippen LogP contribution in [0.4, 0.5) is 0 Å². The molecule has 0 heterocycles. The number of nitrogens with one attached hydrogen (secondary N) is 1. The Balaban J connectivity index is 1.86. The zero-order valence-electron chi connectivity index (χ0n) is 12.8. The maximum atomic E-state index is 3.52. The molecule has 0 amide bonds. The van der Waals surface area contributed by atoms with Crippen molar-refractivity contribution in [3.8, 4) is 11.1 Å². The highest BCUT2D eigenvalue weighted by atomic mass is 14.8. The summed E-state index contributed by atoms with van der Waals surface area (Å²) in [5.41, 5.74) is 4.31. The van der Waals surface area contributed by atoms with Gasteiger partial charge in [0.1, 0.15) is 0 Å². The van der Waals surface area contributed by atoms with Crippen LogP contribution in [0.3, 0.4) is 0 Å². The molecular formula is C19H25N. The van der Waals surface area contributed by atoms with Crippen LogP contribution in [0, 0.1) is 5.41 Å². The molecule has 0 aliphatic carbocycles. The lowest BCUT2D eigenvalue weighted by atomic mass is 9.92. The van der Waals surface area contributed by atoms with E-state index in [1.165, 1.54) is 23.1 Å². The molecule has 2 aromatic carbocycles. The minimum Gasteiger partial charge on any atom is -0.313 e. The molecule has 0 aliphatic heterocycles. The van der Waals surface area contributed by atoms with Gasteiger partial charge in [-0.15, -0.1) is 0 Å². The van der Waals surface area contributed by atoms with Crippen molar-refractivity contribution in [2.24, 2.45) is 5.41 Å². The molecule has 0 aliphatic rings. The summed E-state index contributed by atoms with van der Waals surface area (Å²) in [6.45, 7) is 8.87. The first-order valence-corrected chi connectivity index (χ1v) is 7.40. The average Bonchev–Trinajstić information content (AvgIpc) is 2.44. The summed E-state index contributed by atoms with van der Waals surface area (Å²) in [6, 6.07) is 19.4. The molecule has 0 atom stereocenters. The molecule has 106 valence electrons.